The van der Waals surface area contributed by atoms with Crippen LogP contribution in [0.25, 0.3) is 0 Å². The Morgan fingerprint density at radius 2 is 2.19 bits per heavy atom. The van der Waals surface area contributed by atoms with Crippen LogP contribution in [-0.2, 0) is 13.0 Å². The van der Waals surface area contributed by atoms with Crippen molar-refractivity contribution in [3.8, 4) is 0 Å². The third kappa shape index (κ3) is 3.34. The Kier molecular flexibility index (Phi) is 4.68. The van der Waals surface area contributed by atoms with Gasteiger partial charge in [-0.2, -0.15) is 5.10 Å². The lowest BCUT2D eigenvalue weighted by molar-refractivity contribution is 0.150. The quantitative estimate of drug-likeness (QED) is 0.858. The molecule has 0 radical (unpaired) electrons. The monoisotopic (exact) mass is 285 g/mol. The second kappa shape index (κ2) is 6.87. The average molecular weight is 285 g/mol. The number of aliphatic hydroxyl groups excluding tert-OH is 1. The summed E-state index contributed by atoms with van der Waals surface area (Å²) in [5, 5.41) is 16.3. The Morgan fingerprint density at radius 3 is 3.00 bits per heavy atom. The van der Waals surface area contributed by atoms with Crippen molar-refractivity contribution < 1.29 is 5.11 Å². The zero-order valence-electron chi connectivity index (χ0n) is 12.3. The van der Waals surface area contributed by atoms with Gasteiger partial charge in [0.25, 0.3) is 0 Å². The number of nitrogens with one attached hydrogen (secondary N) is 1. The van der Waals surface area contributed by atoms with Crippen LogP contribution in [0, 0.1) is 0 Å². The first kappa shape index (κ1) is 14.3. The van der Waals surface area contributed by atoms with Gasteiger partial charge < -0.3 is 5.11 Å². The molecule has 0 fully saturated rings. The molecule has 2 aromatic rings. The molecule has 0 spiro atoms. The summed E-state index contributed by atoms with van der Waals surface area (Å²) < 4.78 is 0. The summed E-state index contributed by atoms with van der Waals surface area (Å²) in [5.74, 6) is 0. The van der Waals surface area contributed by atoms with E-state index in [9.17, 15) is 5.11 Å². The van der Waals surface area contributed by atoms with Crippen molar-refractivity contribution in [1.82, 2.24) is 15.1 Å². The second-order valence-corrected chi connectivity index (χ2v) is 5.74. The summed E-state index contributed by atoms with van der Waals surface area (Å²) >= 11 is 0. The number of aryl methyl sites for hydroxylation is 1. The number of H-pyrrole nitrogens is 1. The van der Waals surface area contributed by atoms with Gasteiger partial charge >= 0.3 is 0 Å². The van der Waals surface area contributed by atoms with Gasteiger partial charge in [-0.1, -0.05) is 24.3 Å². The highest BCUT2D eigenvalue weighted by atomic mass is 16.3. The van der Waals surface area contributed by atoms with Gasteiger partial charge in [-0.3, -0.25) is 10.00 Å². The molecular formula is C17H23N3O. The first-order valence-corrected chi connectivity index (χ1v) is 7.79. The molecule has 21 heavy (non-hydrogen) atoms. The van der Waals surface area contributed by atoms with Gasteiger partial charge in [-0.25, -0.2) is 0 Å². The van der Waals surface area contributed by atoms with Crippen LogP contribution < -0.4 is 0 Å². The predicted molar refractivity (Wildman–Crippen MR) is 82.8 cm³/mol. The summed E-state index contributed by atoms with van der Waals surface area (Å²) in [7, 11) is 0. The highest BCUT2D eigenvalue weighted by Crippen LogP contribution is 2.34. The normalized spacial score (nSPS) is 17.9. The highest BCUT2D eigenvalue weighted by molar-refractivity contribution is 5.32. The molecule has 1 heterocycles. The Hall–Kier alpha value is -1.65. The molecule has 1 unspecified atom stereocenters. The molecule has 0 amide bonds. The van der Waals surface area contributed by atoms with Gasteiger partial charge in [0.05, 0.1) is 0 Å². The van der Waals surface area contributed by atoms with Crippen LogP contribution in [0.15, 0.2) is 36.5 Å². The van der Waals surface area contributed by atoms with Crippen LogP contribution >= 0.6 is 0 Å². The summed E-state index contributed by atoms with van der Waals surface area (Å²) in [6.07, 6.45) is 6.22. The molecule has 1 atom stereocenters. The van der Waals surface area contributed by atoms with Crippen LogP contribution in [0.1, 0.15) is 42.1 Å². The number of hydrogen-bond donors (Lipinski definition) is 2. The Labute approximate surface area is 125 Å². The van der Waals surface area contributed by atoms with Crippen LogP contribution in [-0.4, -0.2) is 33.4 Å². The first-order chi connectivity index (χ1) is 10.4. The maximum absolute atomic E-state index is 9.19. The maximum Gasteiger partial charge on any atom is 0.0492 e. The van der Waals surface area contributed by atoms with E-state index in [-0.39, 0.29) is 6.61 Å². The molecule has 112 valence electrons. The van der Waals surface area contributed by atoms with Gasteiger partial charge in [0.2, 0.25) is 0 Å². The molecule has 2 N–H and O–H groups in total. The van der Waals surface area contributed by atoms with Crippen molar-refractivity contribution in [2.24, 2.45) is 0 Å². The van der Waals surface area contributed by atoms with E-state index in [0.29, 0.717) is 6.04 Å². The van der Waals surface area contributed by atoms with Gasteiger partial charge in [0.1, 0.15) is 0 Å². The Bertz CT molecular complexity index is 553. The minimum absolute atomic E-state index is 0.244. The number of nitrogens with zero attached hydrogens (tertiary/aromatic N) is 2. The minimum Gasteiger partial charge on any atom is -0.396 e. The van der Waals surface area contributed by atoms with Gasteiger partial charge in [0.15, 0.2) is 0 Å². The van der Waals surface area contributed by atoms with Crippen molar-refractivity contribution in [1.29, 1.82) is 0 Å². The van der Waals surface area contributed by atoms with E-state index in [1.807, 2.05) is 6.07 Å². The number of aromatic amines is 1. The van der Waals surface area contributed by atoms with Crippen molar-refractivity contribution in [2.75, 3.05) is 13.2 Å². The van der Waals surface area contributed by atoms with Crippen LogP contribution in [0.5, 0.6) is 0 Å². The van der Waals surface area contributed by atoms with E-state index >= 15 is 0 Å². The Morgan fingerprint density at radius 1 is 1.29 bits per heavy atom. The third-order valence-corrected chi connectivity index (χ3v) is 4.31. The van der Waals surface area contributed by atoms with Crippen LogP contribution in [0.3, 0.4) is 0 Å². The zero-order valence-corrected chi connectivity index (χ0v) is 12.3. The number of benzene rings is 1. The number of rotatable bonds is 6. The maximum atomic E-state index is 9.19. The van der Waals surface area contributed by atoms with Crippen molar-refractivity contribution >= 4 is 0 Å². The van der Waals surface area contributed by atoms with E-state index < -0.39 is 0 Å². The number of hydrogen-bond acceptors (Lipinski definition) is 3. The summed E-state index contributed by atoms with van der Waals surface area (Å²) in [6, 6.07) is 11.3. The lowest BCUT2D eigenvalue weighted by atomic mass is 9.86. The minimum atomic E-state index is 0.244. The largest absolute Gasteiger partial charge is 0.396 e. The molecule has 3 rings (SSSR count). The number of fused-ring (bicyclic) bond motifs is 1. The highest BCUT2D eigenvalue weighted by Gasteiger charge is 2.25. The fraction of sp³-hybridized carbons (Fsp3) is 0.471. The lowest BCUT2D eigenvalue weighted by Gasteiger charge is -2.35. The Balaban J connectivity index is 1.82. The third-order valence-electron chi connectivity index (χ3n) is 4.31. The fourth-order valence-electron chi connectivity index (χ4n) is 3.32. The standard InChI is InChI=1S/C17H23N3O/c21-12-4-11-20(13-15-9-10-18-19-15)17-8-3-6-14-5-1-2-7-16(14)17/h1-2,5,7,9-10,17,21H,3-4,6,8,11-13H2,(H,18,19). The number of aromatic nitrogens is 2. The van der Waals surface area contributed by atoms with Gasteiger partial charge in [-0.15, -0.1) is 0 Å². The van der Waals surface area contributed by atoms with E-state index in [2.05, 4.69) is 39.4 Å². The summed E-state index contributed by atoms with van der Waals surface area (Å²) in [4.78, 5) is 2.47. The molecule has 1 aromatic heterocycles. The average Bonchev–Trinajstić information content (AvgIpc) is 3.04. The molecule has 1 aliphatic rings. The molecular weight excluding hydrogens is 262 g/mol. The SMILES string of the molecule is OCCCN(Cc1ccn[nH]1)C1CCCc2ccccc21. The molecule has 4 heteroatoms. The lowest BCUT2D eigenvalue weighted by Crippen LogP contribution is -2.32. The van der Waals surface area contributed by atoms with Crippen molar-refractivity contribution in [3.05, 3.63) is 53.3 Å². The van der Waals surface area contributed by atoms with E-state index in [1.54, 1.807) is 6.20 Å². The molecule has 0 saturated carbocycles. The smallest absolute Gasteiger partial charge is 0.0492 e. The summed E-state index contributed by atoms with van der Waals surface area (Å²) in [6.45, 7) is 2.02. The van der Waals surface area contributed by atoms with Crippen LogP contribution in [0.4, 0.5) is 0 Å². The topological polar surface area (TPSA) is 52.1 Å². The van der Waals surface area contributed by atoms with E-state index in [1.165, 1.54) is 30.4 Å². The van der Waals surface area contributed by atoms with Gasteiger partial charge in [-0.05, 0) is 42.9 Å². The molecule has 0 bridgehead atoms. The molecule has 0 saturated heterocycles. The zero-order chi connectivity index (χ0) is 14.5. The molecule has 1 aromatic carbocycles. The summed E-state index contributed by atoms with van der Waals surface area (Å²) in [5.41, 5.74) is 4.07. The number of aliphatic hydroxyl groups is 1. The first-order valence-electron chi connectivity index (χ1n) is 7.79. The fourth-order valence-corrected chi connectivity index (χ4v) is 3.32. The van der Waals surface area contributed by atoms with Crippen LogP contribution in [0.2, 0.25) is 0 Å². The van der Waals surface area contributed by atoms with Gasteiger partial charge in [0, 0.05) is 37.6 Å². The van der Waals surface area contributed by atoms with Crippen molar-refractivity contribution in [2.45, 2.75) is 38.3 Å². The second-order valence-electron chi connectivity index (χ2n) is 5.74. The predicted octanol–water partition coefficient (Wildman–Crippen LogP) is 2.67. The molecule has 0 aliphatic heterocycles. The van der Waals surface area contributed by atoms with Crippen molar-refractivity contribution in [3.63, 3.8) is 0 Å². The molecule has 4 nitrogen and oxygen atoms in total. The molecule has 1 aliphatic carbocycles. The van der Waals surface area contributed by atoms with E-state index in [4.69, 9.17) is 0 Å². The van der Waals surface area contributed by atoms with E-state index in [0.717, 1.165) is 25.2 Å².